The summed E-state index contributed by atoms with van der Waals surface area (Å²) in [5, 5.41) is 11.0. The number of hydrogen-bond acceptors (Lipinski definition) is 4. The van der Waals surface area contributed by atoms with Gasteiger partial charge in [-0.3, -0.25) is 4.99 Å². The molecule has 0 aliphatic rings. The van der Waals surface area contributed by atoms with Crippen LogP contribution in [0.25, 0.3) is 5.69 Å². The van der Waals surface area contributed by atoms with Crippen LogP contribution in [-0.4, -0.2) is 37.5 Å². The van der Waals surface area contributed by atoms with Crippen LogP contribution in [-0.2, 0) is 22.9 Å². The maximum absolute atomic E-state index is 11.7. The summed E-state index contributed by atoms with van der Waals surface area (Å²) in [6.45, 7) is 2.87. The second-order valence-corrected chi connectivity index (χ2v) is 8.72. The molecule has 3 rings (SSSR count). The first-order valence-corrected chi connectivity index (χ1v) is 11.1. The Morgan fingerprint density at radius 1 is 1.07 bits per heavy atom. The zero-order valence-electron chi connectivity index (χ0n) is 16.8. The third kappa shape index (κ3) is 5.45. The number of benzene rings is 2. The highest BCUT2D eigenvalue weighted by Gasteiger charge is 2.11. The zero-order chi connectivity index (χ0) is 20.9. The predicted octanol–water partition coefficient (Wildman–Crippen LogP) is 2.45. The molecule has 0 saturated carbocycles. The van der Waals surface area contributed by atoms with Gasteiger partial charge in [-0.05, 0) is 42.3 Å². The minimum Gasteiger partial charge on any atom is -0.352 e. The van der Waals surface area contributed by atoms with E-state index in [0.717, 1.165) is 22.5 Å². The maximum atomic E-state index is 11.7. The van der Waals surface area contributed by atoms with Gasteiger partial charge in [-0.1, -0.05) is 30.3 Å². The summed E-state index contributed by atoms with van der Waals surface area (Å²) in [7, 11) is -1.50. The highest BCUT2D eigenvalue weighted by atomic mass is 32.2. The Morgan fingerprint density at radius 2 is 1.79 bits per heavy atom. The normalized spacial score (nSPS) is 12.0. The Morgan fingerprint density at radius 3 is 2.45 bits per heavy atom. The fourth-order valence-electron chi connectivity index (χ4n) is 3.00. The maximum Gasteiger partial charge on any atom is 0.191 e. The predicted molar refractivity (Wildman–Crippen MR) is 115 cm³/mol. The first-order chi connectivity index (χ1) is 13.9. The third-order valence-electron chi connectivity index (χ3n) is 4.42. The molecule has 0 aliphatic heterocycles. The molecule has 0 aliphatic carbocycles. The van der Waals surface area contributed by atoms with Crippen molar-refractivity contribution < 1.29 is 8.42 Å². The van der Waals surface area contributed by atoms with Crippen molar-refractivity contribution in [3.8, 4) is 5.69 Å². The molecule has 7 nitrogen and oxygen atoms in total. The standard InChI is InChI=1S/C21H25N5O2S/c1-16-13-17(9-10-20(16)29(3,27)28)14-23-21(22-2)24-15-18-11-12-26(25-18)19-7-5-4-6-8-19/h4-13H,14-15H2,1-3H3,(H2,22,23,24). The summed E-state index contributed by atoms with van der Waals surface area (Å²) >= 11 is 0. The molecule has 3 aromatic rings. The smallest absolute Gasteiger partial charge is 0.191 e. The Hall–Kier alpha value is -3.13. The molecule has 0 spiro atoms. The second kappa shape index (κ2) is 8.91. The average Bonchev–Trinajstić information content (AvgIpc) is 3.17. The van der Waals surface area contributed by atoms with E-state index in [1.807, 2.05) is 59.4 Å². The van der Waals surface area contributed by atoms with Gasteiger partial charge in [-0.25, -0.2) is 13.1 Å². The van der Waals surface area contributed by atoms with Crippen LogP contribution in [0.4, 0.5) is 0 Å². The summed E-state index contributed by atoms with van der Waals surface area (Å²) in [6, 6.07) is 17.2. The van der Waals surface area contributed by atoms with Gasteiger partial charge >= 0.3 is 0 Å². The van der Waals surface area contributed by atoms with Crippen molar-refractivity contribution in [1.82, 2.24) is 20.4 Å². The first kappa shape index (κ1) is 20.6. The second-order valence-electron chi connectivity index (χ2n) is 6.74. The minimum absolute atomic E-state index is 0.359. The molecule has 2 aromatic carbocycles. The molecule has 0 radical (unpaired) electrons. The number of hydrogen-bond donors (Lipinski definition) is 2. The van der Waals surface area contributed by atoms with Crippen LogP contribution in [0, 0.1) is 6.92 Å². The van der Waals surface area contributed by atoms with Crippen molar-refractivity contribution in [2.45, 2.75) is 24.9 Å². The van der Waals surface area contributed by atoms with E-state index in [9.17, 15) is 8.42 Å². The highest BCUT2D eigenvalue weighted by Crippen LogP contribution is 2.16. The van der Waals surface area contributed by atoms with Gasteiger partial charge in [0, 0.05) is 26.0 Å². The number of guanidine groups is 1. The van der Waals surface area contributed by atoms with Gasteiger partial charge in [-0.2, -0.15) is 5.10 Å². The Kier molecular flexibility index (Phi) is 6.33. The van der Waals surface area contributed by atoms with E-state index >= 15 is 0 Å². The molecule has 0 unspecified atom stereocenters. The quantitative estimate of drug-likeness (QED) is 0.480. The van der Waals surface area contributed by atoms with Crippen LogP contribution in [0.3, 0.4) is 0 Å². The summed E-state index contributed by atoms with van der Waals surface area (Å²) in [6.07, 6.45) is 3.15. The molecule has 1 heterocycles. The van der Waals surface area contributed by atoms with Gasteiger partial charge in [0.1, 0.15) is 0 Å². The molecule has 1 aromatic heterocycles. The zero-order valence-corrected chi connectivity index (χ0v) is 17.6. The summed E-state index contributed by atoms with van der Waals surface area (Å²) in [5.41, 5.74) is 3.62. The van der Waals surface area contributed by atoms with Crippen LogP contribution in [0.2, 0.25) is 0 Å². The number of para-hydroxylation sites is 1. The number of nitrogens with zero attached hydrogens (tertiary/aromatic N) is 3. The number of sulfone groups is 1. The van der Waals surface area contributed by atoms with Gasteiger partial charge in [0.2, 0.25) is 0 Å². The number of aliphatic imine (C=N–C) groups is 1. The van der Waals surface area contributed by atoms with Crippen molar-refractivity contribution in [2.24, 2.45) is 4.99 Å². The fourth-order valence-corrected chi connectivity index (χ4v) is 3.96. The van der Waals surface area contributed by atoms with Crippen molar-refractivity contribution in [3.63, 3.8) is 0 Å². The van der Waals surface area contributed by atoms with E-state index < -0.39 is 9.84 Å². The highest BCUT2D eigenvalue weighted by molar-refractivity contribution is 7.90. The molecular weight excluding hydrogens is 386 g/mol. The van der Waals surface area contributed by atoms with E-state index in [1.165, 1.54) is 6.26 Å². The Balaban J connectivity index is 1.57. The summed E-state index contributed by atoms with van der Waals surface area (Å²) in [4.78, 5) is 4.59. The lowest BCUT2D eigenvalue weighted by atomic mass is 10.1. The molecule has 0 saturated heterocycles. The van der Waals surface area contributed by atoms with Gasteiger partial charge in [0.15, 0.2) is 15.8 Å². The molecule has 152 valence electrons. The van der Waals surface area contributed by atoms with E-state index in [0.29, 0.717) is 23.9 Å². The van der Waals surface area contributed by atoms with E-state index in [2.05, 4.69) is 20.7 Å². The largest absolute Gasteiger partial charge is 0.352 e. The van der Waals surface area contributed by atoms with Crippen LogP contribution in [0.1, 0.15) is 16.8 Å². The molecule has 0 atom stereocenters. The number of aromatic nitrogens is 2. The lowest BCUT2D eigenvalue weighted by Gasteiger charge is -2.12. The van der Waals surface area contributed by atoms with E-state index in [4.69, 9.17) is 0 Å². The average molecular weight is 412 g/mol. The van der Waals surface area contributed by atoms with Gasteiger partial charge in [0.25, 0.3) is 0 Å². The van der Waals surface area contributed by atoms with Crippen molar-refractivity contribution in [2.75, 3.05) is 13.3 Å². The monoisotopic (exact) mass is 411 g/mol. The summed E-state index contributed by atoms with van der Waals surface area (Å²) in [5.74, 6) is 0.643. The lowest BCUT2D eigenvalue weighted by Crippen LogP contribution is -2.36. The van der Waals surface area contributed by atoms with E-state index in [1.54, 1.807) is 20.0 Å². The minimum atomic E-state index is -3.21. The first-order valence-electron chi connectivity index (χ1n) is 9.21. The topological polar surface area (TPSA) is 88.4 Å². The van der Waals surface area contributed by atoms with Gasteiger partial charge < -0.3 is 10.6 Å². The SMILES string of the molecule is CN=C(NCc1ccc(S(C)(=O)=O)c(C)c1)NCc1ccn(-c2ccccc2)n1. The number of nitrogens with one attached hydrogen (secondary N) is 2. The molecule has 0 bridgehead atoms. The molecule has 0 amide bonds. The molecule has 0 fully saturated rings. The fraction of sp³-hybridized carbons (Fsp3) is 0.238. The van der Waals surface area contributed by atoms with Crippen LogP contribution in [0.15, 0.2) is 70.7 Å². The lowest BCUT2D eigenvalue weighted by molar-refractivity contribution is 0.601. The van der Waals surface area contributed by atoms with Crippen LogP contribution in [0.5, 0.6) is 0 Å². The van der Waals surface area contributed by atoms with Crippen LogP contribution >= 0.6 is 0 Å². The molecular formula is C21H25N5O2S. The van der Waals surface area contributed by atoms with Crippen LogP contribution < -0.4 is 10.6 Å². The third-order valence-corrected chi connectivity index (χ3v) is 5.68. The number of aryl methyl sites for hydroxylation is 1. The summed E-state index contributed by atoms with van der Waals surface area (Å²) < 4.78 is 25.3. The van der Waals surface area contributed by atoms with Crippen molar-refractivity contribution in [1.29, 1.82) is 0 Å². The van der Waals surface area contributed by atoms with E-state index in [-0.39, 0.29) is 0 Å². The van der Waals surface area contributed by atoms with Gasteiger partial charge in [0.05, 0.1) is 22.8 Å². The van der Waals surface area contributed by atoms with Gasteiger partial charge in [-0.15, -0.1) is 0 Å². The molecule has 2 N–H and O–H groups in total. The molecule has 29 heavy (non-hydrogen) atoms. The molecule has 8 heteroatoms. The van der Waals surface area contributed by atoms with Crippen molar-refractivity contribution in [3.05, 3.63) is 77.6 Å². The Bertz CT molecular complexity index is 1110. The van der Waals surface area contributed by atoms with Crippen molar-refractivity contribution >= 4 is 15.8 Å². The Labute approximate surface area is 171 Å². The number of rotatable bonds is 6.